The van der Waals surface area contributed by atoms with Gasteiger partial charge in [0.15, 0.2) is 5.82 Å². The summed E-state index contributed by atoms with van der Waals surface area (Å²) in [6, 6.07) is 16.0. The molecule has 0 saturated carbocycles. The fraction of sp³-hybridized carbons (Fsp3) is 0.370. The molecule has 1 unspecified atom stereocenters. The van der Waals surface area contributed by atoms with Crippen molar-refractivity contribution in [2.45, 2.75) is 32.4 Å². The summed E-state index contributed by atoms with van der Waals surface area (Å²) in [6.45, 7) is 5.96. The summed E-state index contributed by atoms with van der Waals surface area (Å²) in [4.78, 5) is 14.3. The minimum Gasteiger partial charge on any atom is -0.390 e. The Morgan fingerprint density at radius 3 is 2.60 bits per heavy atom. The van der Waals surface area contributed by atoms with Gasteiger partial charge in [0.25, 0.3) is 0 Å². The second kappa shape index (κ2) is 10.1. The predicted molar refractivity (Wildman–Crippen MR) is 140 cm³/mol. The summed E-state index contributed by atoms with van der Waals surface area (Å²) in [7, 11) is 2.16. The van der Waals surface area contributed by atoms with Crippen LogP contribution in [-0.2, 0) is 6.61 Å². The summed E-state index contributed by atoms with van der Waals surface area (Å²) in [5, 5.41) is 15.4. The van der Waals surface area contributed by atoms with Crippen molar-refractivity contribution in [3.63, 3.8) is 0 Å². The number of hydrogen-bond donors (Lipinski definition) is 2. The van der Waals surface area contributed by atoms with Crippen LogP contribution in [0.2, 0.25) is 0 Å². The average Bonchev–Trinajstić information content (AvgIpc) is 3.33. The zero-order chi connectivity index (χ0) is 24.4. The largest absolute Gasteiger partial charge is 0.390 e. The molecule has 1 atom stereocenters. The monoisotopic (exact) mass is 471 g/mol. The van der Waals surface area contributed by atoms with Crippen molar-refractivity contribution in [2.24, 2.45) is 5.73 Å². The Balaban J connectivity index is 1.66. The highest BCUT2D eigenvalue weighted by Gasteiger charge is 2.21. The minimum absolute atomic E-state index is 0.0725. The standard InChI is InChI=1S/C27H33N7O/c1-3-6-22(28)24-9-5-8-23(31-24)19-15-25(33-13-11-32(2)12-14-33)21-17-29-34(26(21)16-19)27-10-4-7-20(18-35)30-27/h4-5,7-10,15-17,22,35H,3,6,11-14,18,28H2,1-2H3. The van der Waals surface area contributed by atoms with Crippen molar-refractivity contribution in [1.29, 1.82) is 0 Å². The molecule has 1 aliphatic rings. The van der Waals surface area contributed by atoms with Gasteiger partial charge in [0.2, 0.25) is 0 Å². The number of aliphatic hydroxyl groups excluding tert-OH is 1. The summed E-state index contributed by atoms with van der Waals surface area (Å²) in [5.74, 6) is 0.680. The molecule has 1 aliphatic heterocycles. The van der Waals surface area contributed by atoms with E-state index in [0.29, 0.717) is 11.5 Å². The highest BCUT2D eigenvalue weighted by Crippen LogP contribution is 2.34. The molecule has 0 spiro atoms. The van der Waals surface area contributed by atoms with E-state index >= 15 is 0 Å². The average molecular weight is 472 g/mol. The van der Waals surface area contributed by atoms with E-state index in [2.05, 4.69) is 40.9 Å². The van der Waals surface area contributed by atoms with Crippen LogP contribution in [0.5, 0.6) is 0 Å². The van der Waals surface area contributed by atoms with Gasteiger partial charge < -0.3 is 20.6 Å². The number of nitrogens with zero attached hydrogens (tertiary/aromatic N) is 6. The van der Waals surface area contributed by atoms with Gasteiger partial charge in [0.1, 0.15) is 0 Å². The van der Waals surface area contributed by atoms with Crippen LogP contribution in [0.4, 0.5) is 5.69 Å². The number of rotatable bonds is 7. The van der Waals surface area contributed by atoms with Crippen LogP contribution in [0, 0.1) is 0 Å². The fourth-order valence-corrected chi connectivity index (χ4v) is 4.70. The third-order valence-electron chi connectivity index (χ3n) is 6.73. The quantitative estimate of drug-likeness (QED) is 0.426. The zero-order valence-corrected chi connectivity index (χ0v) is 20.4. The van der Waals surface area contributed by atoms with Crippen LogP contribution in [0.15, 0.2) is 54.7 Å². The molecule has 35 heavy (non-hydrogen) atoms. The van der Waals surface area contributed by atoms with Crippen LogP contribution in [0.25, 0.3) is 28.0 Å². The first-order valence-corrected chi connectivity index (χ1v) is 12.3. The molecule has 0 amide bonds. The Kier molecular flexibility index (Phi) is 6.77. The van der Waals surface area contributed by atoms with E-state index in [-0.39, 0.29) is 12.6 Å². The highest BCUT2D eigenvalue weighted by molar-refractivity contribution is 5.96. The van der Waals surface area contributed by atoms with Gasteiger partial charge >= 0.3 is 0 Å². The number of fused-ring (bicyclic) bond motifs is 1. The van der Waals surface area contributed by atoms with Crippen LogP contribution >= 0.6 is 0 Å². The van der Waals surface area contributed by atoms with E-state index in [1.54, 1.807) is 0 Å². The lowest BCUT2D eigenvalue weighted by molar-refractivity contribution is 0.276. The normalized spacial score (nSPS) is 15.6. The van der Waals surface area contributed by atoms with Crippen LogP contribution in [-0.4, -0.2) is 63.0 Å². The maximum absolute atomic E-state index is 9.59. The van der Waals surface area contributed by atoms with Gasteiger partial charge in [-0.25, -0.2) is 9.67 Å². The first kappa shape index (κ1) is 23.4. The molecule has 8 heteroatoms. The maximum atomic E-state index is 9.59. The molecule has 0 radical (unpaired) electrons. The molecular formula is C27H33N7O. The molecule has 3 aromatic heterocycles. The second-order valence-electron chi connectivity index (χ2n) is 9.26. The first-order chi connectivity index (χ1) is 17.1. The lowest BCUT2D eigenvalue weighted by Crippen LogP contribution is -2.44. The van der Waals surface area contributed by atoms with Crippen molar-refractivity contribution in [2.75, 3.05) is 38.1 Å². The maximum Gasteiger partial charge on any atom is 0.154 e. The third kappa shape index (κ3) is 4.77. The molecule has 1 saturated heterocycles. The molecule has 0 aliphatic carbocycles. The molecule has 1 fully saturated rings. The number of hydrogen-bond acceptors (Lipinski definition) is 7. The second-order valence-corrected chi connectivity index (χ2v) is 9.26. The summed E-state index contributed by atoms with van der Waals surface area (Å²) < 4.78 is 1.85. The Labute approximate surface area is 206 Å². The van der Waals surface area contributed by atoms with Crippen molar-refractivity contribution in [1.82, 2.24) is 24.6 Å². The summed E-state index contributed by atoms with van der Waals surface area (Å²) >= 11 is 0. The number of aromatic nitrogens is 4. The lowest BCUT2D eigenvalue weighted by atomic mass is 10.0. The zero-order valence-electron chi connectivity index (χ0n) is 20.4. The summed E-state index contributed by atoms with van der Waals surface area (Å²) in [5.41, 5.74) is 12.0. The minimum atomic E-state index is -0.112. The molecule has 4 aromatic rings. The number of piperazine rings is 1. The molecule has 5 rings (SSSR count). The number of benzene rings is 1. The molecule has 182 valence electrons. The van der Waals surface area contributed by atoms with Crippen LogP contribution < -0.4 is 10.6 Å². The SMILES string of the molecule is CCCC(N)c1cccc(-c2cc(N3CCN(C)CC3)c3cnn(-c4cccc(CO)n4)c3c2)n1. The molecule has 0 bridgehead atoms. The van der Waals surface area contributed by atoms with Gasteiger partial charge in [-0.15, -0.1) is 0 Å². The van der Waals surface area contributed by atoms with E-state index in [1.165, 1.54) is 0 Å². The molecular weight excluding hydrogens is 438 g/mol. The van der Waals surface area contributed by atoms with Crippen LogP contribution in [0.3, 0.4) is 0 Å². The number of pyridine rings is 2. The van der Waals surface area contributed by atoms with Gasteiger partial charge in [0, 0.05) is 48.9 Å². The van der Waals surface area contributed by atoms with Crippen LogP contribution in [0.1, 0.15) is 37.2 Å². The van der Waals surface area contributed by atoms with Gasteiger partial charge in [0.05, 0.1) is 35.4 Å². The van der Waals surface area contributed by atoms with Crippen molar-refractivity contribution < 1.29 is 5.11 Å². The lowest BCUT2D eigenvalue weighted by Gasteiger charge is -2.34. The Morgan fingerprint density at radius 2 is 1.83 bits per heavy atom. The first-order valence-electron chi connectivity index (χ1n) is 12.3. The van der Waals surface area contributed by atoms with Gasteiger partial charge in [-0.05, 0) is 49.9 Å². The number of anilines is 1. The van der Waals surface area contributed by atoms with E-state index in [1.807, 2.05) is 47.3 Å². The molecule has 8 nitrogen and oxygen atoms in total. The fourth-order valence-electron chi connectivity index (χ4n) is 4.70. The topological polar surface area (TPSA) is 96.3 Å². The van der Waals surface area contributed by atoms with Gasteiger partial charge in [-0.3, -0.25) is 4.98 Å². The van der Waals surface area contributed by atoms with E-state index < -0.39 is 0 Å². The highest BCUT2D eigenvalue weighted by atomic mass is 16.3. The van der Waals surface area contributed by atoms with Crippen molar-refractivity contribution >= 4 is 16.6 Å². The summed E-state index contributed by atoms with van der Waals surface area (Å²) in [6.07, 6.45) is 3.84. The molecule has 3 N–H and O–H groups in total. The Morgan fingerprint density at radius 1 is 1.03 bits per heavy atom. The van der Waals surface area contributed by atoms with E-state index in [4.69, 9.17) is 15.8 Å². The predicted octanol–water partition coefficient (Wildman–Crippen LogP) is 3.53. The smallest absolute Gasteiger partial charge is 0.154 e. The van der Waals surface area contributed by atoms with Gasteiger partial charge in [-0.1, -0.05) is 25.5 Å². The number of nitrogens with two attached hydrogens (primary N) is 1. The number of likely N-dealkylation sites (N-methyl/N-ethyl adjacent to an activating group) is 1. The third-order valence-corrected chi connectivity index (χ3v) is 6.73. The molecule has 4 heterocycles. The molecule has 1 aromatic carbocycles. The van der Waals surface area contributed by atoms with Crippen molar-refractivity contribution in [3.05, 3.63) is 66.1 Å². The van der Waals surface area contributed by atoms with E-state index in [9.17, 15) is 5.11 Å². The Hall–Kier alpha value is -3.33. The van der Waals surface area contributed by atoms with E-state index in [0.717, 1.165) is 72.6 Å². The van der Waals surface area contributed by atoms with Gasteiger partial charge in [-0.2, -0.15) is 5.10 Å². The Bertz CT molecular complexity index is 1310. The number of aliphatic hydroxyl groups is 1. The van der Waals surface area contributed by atoms with Crippen molar-refractivity contribution in [3.8, 4) is 17.1 Å².